The summed E-state index contributed by atoms with van der Waals surface area (Å²) >= 11 is 0. The minimum Gasteiger partial charge on any atom is -0.463 e. The summed E-state index contributed by atoms with van der Waals surface area (Å²) in [7, 11) is 0. The molecule has 3 rings (SSSR count). The van der Waals surface area contributed by atoms with E-state index >= 15 is 0 Å². The van der Waals surface area contributed by atoms with Gasteiger partial charge in [0.1, 0.15) is 17.4 Å². The molecule has 1 unspecified atom stereocenters. The van der Waals surface area contributed by atoms with Gasteiger partial charge in [0.05, 0.1) is 6.54 Å². The molecule has 138 valence electrons. The summed E-state index contributed by atoms with van der Waals surface area (Å²) in [4.78, 5) is 41.1. The SMILES string of the molecule is C=CC(=NCc1cc(C2NC(=O)NC2=O)oc1CC)N1CCCNC1=O. The number of urea groups is 2. The highest BCUT2D eigenvalue weighted by molar-refractivity contribution is 6.04. The molecule has 0 aliphatic carbocycles. The quantitative estimate of drug-likeness (QED) is 0.416. The largest absolute Gasteiger partial charge is 0.463 e. The Bertz CT molecular complexity index is 782. The molecule has 2 aliphatic heterocycles. The predicted molar refractivity (Wildman–Crippen MR) is 93.6 cm³/mol. The van der Waals surface area contributed by atoms with Crippen molar-refractivity contribution in [2.75, 3.05) is 13.1 Å². The molecule has 9 heteroatoms. The molecule has 1 atom stereocenters. The van der Waals surface area contributed by atoms with Gasteiger partial charge >= 0.3 is 12.1 Å². The van der Waals surface area contributed by atoms with Crippen LogP contribution >= 0.6 is 0 Å². The minimum absolute atomic E-state index is 0.191. The van der Waals surface area contributed by atoms with E-state index in [0.717, 1.165) is 12.0 Å². The zero-order valence-corrected chi connectivity index (χ0v) is 14.5. The van der Waals surface area contributed by atoms with Crippen LogP contribution in [0.2, 0.25) is 0 Å². The van der Waals surface area contributed by atoms with Crippen LogP contribution in [-0.4, -0.2) is 41.8 Å². The van der Waals surface area contributed by atoms with Crippen molar-refractivity contribution in [3.8, 4) is 0 Å². The minimum atomic E-state index is -0.836. The lowest BCUT2D eigenvalue weighted by molar-refractivity contribution is -0.120. The van der Waals surface area contributed by atoms with Crippen molar-refractivity contribution in [3.63, 3.8) is 0 Å². The van der Waals surface area contributed by atoms with Crippen molar-refractivity contribution in [2.24, 2.45) is 4.99 Å². The van der Waals surface area contributed by atoms with Crippen molar-refractivity contribution in [1.82, 2.24) is 20.9 Å². The van der Waals surface area contributed by atoms with Crippen LogP contribution in [0.4, 0.5) is 9.59 Å². The van der Waals surface area contributed by atoms with Gasteiger partial charge in [-0.2, -0.15) is 0 Å². The van der Waals surface area contributed by atoms with Gasteiger partial charge in [0.15, 0.2) is 6.04 Å². The van der Waals surface area contributed by atoms with Gasteiger partial charge < -0.3 is 15.1 Å². The molecule has 5 amide bonds. The van der Waals surface area contributed by atoms with E-state index in [2.05, 4.69) is 27.5 Å². The second kappa shape index (κ2) is 7.42. The van der Waals surface area contributed by atoms with Crippen LogP contribution < -0.4 is 16.0 Å². The van der Waals surface area contributed by atoms with Crippen molar-refractivity contribution in [3.05, 3.63) is 35.8 Å². The standard InChI is InChI=1S/C17H21N5O4/c1-3-11-10(8-12(26-11)14-15(23)21-16(24)20-14)9-19-13(4-2)22-7-5-6-18-17(22)25/h4,8,14H,2-3,5-7,9H2,1H3,(H,18,25)(H2,20,21,23,24). The summed E-state index contributed by atoms with van der Waals surface area (Å²) in [6.07, 6.45) is 2.99. The highest BCUT2D eigenvalue weighted by Gasteiger charge is 2.34. The maximum Gasteiger partial charge on any atom is 0.323 e. The van der Waals surface area contributed by atoms with Crippen LogP contribution in [0.15, 0.2) is 28.1 Å². The first-order valence-corrected chi connectivity index (χ1v) is 8.48. The number of hydrogen-bond acceptors (Lipinski definition) is 5. The van der Waals surface area contributed by atoms with Crippen molar-refractivity contribution in [1.29, 1.82) is 0 Å². The fourth-order valence-electron chi connectivity index (χ4n) is 2.96. The third kappa shape index (κ3) is 3.46. The fourth-order valence-corrected chi connectivity index (χ4v) is 2.96. The second-order valence-corrected chi connectivity index (χ2v) is 5.96. The first kappa shape index (κ1) is 17.7. The van der Waals surface area contributed by atoms with E-state index in [9.17, 15) is 14.4 Å². The van der Waals surface area contributed by atoms with E-state index in [-0.39, 0.29) is 12.6 Å². The summed E-state index contributed by atoms with van der Waals surface area (Å²) in [5.41, 5.74) is 0.799. The number of aryl methyl sites for hydroxylation is 1. The maximum atomic E-state index is 12.0. The van der Waals surface area contributed by atoms with Gasteiger partial charge in [0, 0.05) is 25.1 Å². The number of furan rings is 1. The topological polar surface area (TPSA) is 116 Å². The molecule has 0 spiro atoms. The number of imide groups is 1. The summed E-state index contributed by atoms with van der Waals surface area (Å²) in [6.45, 7) is 7.18. The number of amidine groups is 1. The summed E-state index contributed by atoms with van der Waals surface area (Å²) in [6, 6.07) is 0.148. The molecular weight excluding hydrogens is 338 g/mol. The third-order valence-electron chi connectivity index (χ3n) is 4.25. The Morgan fingerprint density at radius 1 is 1.46 bits per heavy atom. The predicted octanol–water partition coefficient (Wildman–Crippen LogP) is 1.22. The van der Waals surface area contributed by atoms with E-state index in [1.54, 1.807) is 17.0 Å². The molecule has 0 radical (unpaired) electrons. The van der Waals surface area contributed by atoms with Crippen LogP contribution in [0.5, 0.6) is 0 Å². The van der Waals surface area contributed by atoms with Gasteiger partial charge in [0.2, 0.25) is 0 Å². The lowest BCUT2D eigenvalue weighted by Gasteiger charge is -2.27. The number of hydrogen-bond donors (Lipinski definition) is 3. The van der Waals surface area contributed by atoms with Gasteiger partial charge in [0.25, 0.3) is 5.91 Å². The molecule has 1 aromatic heterocycles. The molecule has 2 fully saturated rings. The van der Waals surface area contributed by atoms with Gasteiger partial charge in [-0.3, -0.25) is 20.0 Å². The summed E-state index contributed by atoms with van der Waals surface area (Å²) in [5.74, 6) is 1.09. The van der Waals surface area contributed by atoms with Crippen LogP contribution in [0.1, 0.15) is 36.5 Å². The molecule has 3 N–H and O–H groups in total. The molecule has 0 bridgehead atoms. The van der Waals surface area contributed by atoms with E-state index in [1.165, 1.54) is 0 Å². The second-order valence-electron chi connectivity index (χ2n) is 5.96. The molecule has 0 saturated carbocycles. The molecule has 9 nitrogen and oxygen atoms in total. The number of amides is 5. The Kier molecular flexibility index (Phi) is 5.06. The van der Waals surface area contributed by atoms with Crippen LogP contribution in [0, 0.1) is 0 Å². The number of nitrogens with zero attached hydrogens (tertiary/aromatic N) is 2. The molecule has 26 heavy (non-hydrogen) atoms. The molecule has 0 aromatic carbocycles. The van der Waals surface area contributed by atoms with Gasteiger partial charge in [-0.25, -0.2) is 9.59 Å². The average Bonchev–Trinajstić information content (AvgIpc) is 3.19. The summed E-state index contributed by atoms with van der Waals surface area (Å²) in [5, 5.41) is 7.46. The van der Waals surface area contributed by atoms with Crippen molar-refractivity contribution < 1.29 is 18.8 Å². The number of carbonyl (C=O) groups excluding carboxylic acids is 3. The number of carbonyl (C=O) groups is 3. The van der Waals surface area contributed by atoms with Crippen LogP contribution in [0.25, 0.3) is 0 Å². The zero-order valence-electron chi connectivity index (χ0n) is 14.5. The molecule has 3 heterocycles. The zero-order chi connectivity index (χ0) is 18.7. The number of aliphatic imine (C=N–C) groups is 1. The molecule has 2 aliphatic rings. The lowest BCUT2D eigenvalue weighted by atomic mass is 10.1. The fraction of sp³-hybridized carbons (Fsp3) is 0.412. The third-order valence-corrected chi connectivity index (χ3v) is 4.25. The molecule has 2 saturated heterocycles. The highest BCUT2D eigenvalue weighted by Crippen LogP contribution is 2.24. The highest BCUT2D eigenvalue weighted by atomic mass is 16.3. The van der Waals surface area contributed by atoms with Crippen molar-refractivity contribution >= 4 is 23.8 Å². The van der Waals surface area contributed by atoms with Gasteiger partial charge in [-0.05, 0) is 18.6 Å². The normalized spacial score (nSPS) is 20.7. The summed E-state index contributed by atoms with van der Waals surface area (Å²) < 4.78 is 5.74. The van der Waals surface area contributed by atoms with Gasteiger partial charge in [-0.15, -0.1) is 0 Å². The molecular formula is C17H21N5O4. The van der Waals surface area contributed by atoms with E-state index < -0.39 is 18.0 Å². The van der Waals surface area contributed by atoms with Crippen LogP contribution in [-0.2, 0) is 17.8 Å². The Morgan fingerprint density at radius 2 is 2.27 bits per heavy atom. The Labute approximate surface area is 150 Å². The Balaban J connectivity index is 1.80. The monoisotopic (exact) mass is 359 g/mol. The lowest BCUT2D eigenvalue weighted by Crippen LogP contribution is -2.48. The van der Waals surface area contributed by atoms with Crippen LogP contribution in [0.3, 0.4) is 0 Å². The first-order chi connectivity index (χ1) is 12.5. The van der Waals surface area contributed by atoms with E-state index in [0.29, 0.717) is 36.9 Å². The Morgan fingerprint density at radius 3 is 2.88 bits per heavy atom. The van der Waals surface area contributed by atoms with E-state index in [4.69, 9.17) is 4.42 Å². The number of rotatable bonds is 5. The smallest absolute Gasteiger partial charge is 0.323 e. The maximum absolute atomic E-state index is 12.0. The van der Waals surface area contributed by atoms with Crippen molar-refractivity contribution in [2.45, 2.75) is 32.4 Å². The Hall–Kier alpha value is -3.10. The average molecular weight is 359 g/mol. The number of nitrogens with one attached hydrogen (secondary N) is 3. The molecule has 1 aromatic rings. The van der Waals surface area contributed by atoms with E-state index in [1.807, 2.05) is 6.92 Å². The van der Waals surface area contributed by atoms with Gasteiger partial charge in [-0.1, -0.05) is 13.5 Å². The first-order valence-electron chi connectivity index (χ1n) is 8.48.